The van der Waals surface area contributed by atoms with Crippen LogP contribution in [0.3, 0.4) is 0 Å². The van der Waals surface area contributed by atoms with Gasteiger partial charge < -0.3 is 9.52 Å². The maximum atomic E-state index is 9.98. The fourth-order valence-corrected chi connectivity index (χ4v) is 2.89. The molecule has 1 fully saturated rings. The van der Waals surface area contributed by atoms with Gasteiger partial charge >= 0.3 is 0 Å². The van der Waals surface area contributed by atoms with Gasteiger partial charge in [0.25, 0.3) is 0 Å². The SMILES string of the molecule is CC1(O)CCN(Cc2ccc(-c3ccc(Br)cc3)o2)C1. The van der Waals surface area contributed by atoms with Crippen molar-refractivity contribution in [1.82, 2.24) is 4.90 Å². The summed E-state index contributed by atoms with van der Waals surface area (Å²) in [4.78, 5) is 2.23. The molecular formula is C16H18BrNO2. The number of β-amino-alcohol motifs (C(OH)–C–C–N with tert-alkyl or cyclic N) is 1. The minimum atomic E-state index is -0.554. The Balaban J connectivity index is 1.70. The van der Waals surface area contributed by atoms with Gasteiger partial charge in [-0.3, -0.25) is 4.90 Å². The van der Waals surface area contributed by atoms with Crippen LogP contribution in [0.2, 0.25) is 0 Å². The van der Waals surface area contributed by atoms with Crippen LogP contribution < -0.4 is 0 Å². The van der Waals surface area contributed by atoms with E-state index in [0.717, 1.165) is 41.1 Å². The van der Waals surface area contributed by atoms with E-state index in [9.17, 15) is 5.11 Å². The zero-order valence-corrected chi connectivity index (χ0v) is 13.1. The molecule has 1 aliphatic heterocycles. The van der Waals surface area contributed by atoms with Crippen molar-refractivity contribution in [3.63, 3.8) is 0 Å². The first kappa shape index (κ1) is 13.9. The van der Waals surface area contributed by atoms with Gasteiger partial charge in [0.05, 0.1) is 12.1 Å². The topological polar surface area (TPSA) is 36.6 Å². The van der Waals surface area contributed by atoms with Gasteiger partial charge in [-0.25, -0.2) is 0 Å². The molecule has 0 radical (unpaired) electrons. The van der Waals surface area contributed by atoms with E-state index in [0.29, 0.717) is 6.54 Å². The number of likely N-dealkylation sites (tertiary alicyclic amines) is 1. The Labute approximate surface area is 127 Å². The Morgan fingerprint density at radius 3 is 2.65 bits per heavy atom. The summed E-state index contributed by atoms with van der Waals surface area (Å²) in [6.07, 6.45) is 0.827. The Kier molecular flexibility index (Phi) is 3.71. The highest BCUT2D eigenvalue weighted by Gasteiger charge is 2.31. The molecule has 1 N–H and O–H groups in total. The van der Waals surface area contributed by atoms with Crippen molar-refractivity contribution in [3.05, 3.63) is 46.6 Å². The molecule has 0 aliphatic carbocycles. The van der Waals surface area contributed by atoms with Crippen LogP contribution in [0.15, 0.2) is 45.3 Å². The zero-order chi connectivity index (χ0) is 14.2. The normalized spacial score (nSPS) is 23.4. The second kappa shape index (κ2) is 5.35. The highest BCUT2D eigenvalue weighted by molar-refractivity contribution is 9.10. The number of rotatable bonds is 3. The van der Waals surface area contributed by atoms with Gasteiger partial charge in [0, 0.05) is 23.1 Å². The van der Waals surface area contributed by atoms with Crippen molar-refractivity contribution >= 4 is 15.9 Å². The summed E-state index contributed by atoms with van der Waals surface area (Å²) in [6, 6.07) is 12.1. The average molecular weight is 336 g/mol. The van der Waals surface area contributed by atoms with Crippen LogP contribution in [0.25, 0.3) is 11.3 Å². The predicted octanol–water partition coefficient (Wildman–Crippen LogP) is 3.67. The first-order valence-electron chi connectivity index (χ1n) is 6.81. The largest absolute Gasteiger partial charge is 0.460 e. The second-order valence-corrected chi connectivity index (χ2v) is 6.65. The summed E-state index contributed by atoms with van der Waals surface area (Å²) in [5.41, 5.74) is 0.522. The Morgan fingerprint density at radius 2 is 2.00 bits per heavy atom. The van der Waals surface area contributed by atoms with Crippen LogP contribution in [0.5, 0.6) is 0 Å². The third-order valence-electron chi connectivity index (χ3n) is 3.70. The molecule has 0 bridgehead atoms. The van der Waals surface area contributed by atoms with E-state index in [2.05, 4.69) is 20.8 Å². The molecule has 20 heavy (non-hydrogen) atoms. The fourth-order valence-electron chi connectivity index (χ4n) is 2.63. The second-order valence-electron chi connectivity index (χ2n) is 5.73. The van der Waals surface area contributed by atoms with Gasteiger partial charge in [-0.05, 0) is 37.6 Å². The molecule has 1 unspecified atom stereocenters. The quantitative estimate of drug-likeness (QED) is 0.929. The summed E-state index contributed by atoms with van der Waals surface area (Å²) in [5.74, 6) is 1.83. The lowest BCUT2D eigenvalue weighted by atomic mass is 10.1. The third-order valence-corrected chi connectivity index (χ3v) is 4.23. The molecule has 0 spiro atoms. The molecular weight excluding hydrogens is 318 g/mol. The standard InChI is InChI=1S/C16H18BrNO2/c1-16(19)8-9-18(11-16)10-14-6-7-15(20-14)12-2-4-13(17)5-3-12/h2-7,19H,8-11H2,1H3. The number of nitrogens with zero attached hydrogens (tertiary/aromatic N) is 1. The molecule has 0 saturated carbocycles. The minimum absolute atomic E-state index is 0.554. The molecule has 0 amide bonds. The Hall–Kier alpha value is -1.10. The van der Waals surface area contributed by atoms with Crippen molar-refractivity contribution in [2.24, 2.45) is 0 Å². The van der Waals surface area contributed by atoms with Gasteiger partial charge in [-0.15, -0.1) is 0 Å². The molecule has 2 aromatic rings. The van der Waals surface area contributed by atoms with Crippen LogP contribution in [-0.2, 0) is 6.54 Å². The van der Waals surface area contributed by atoms with E-state index >= 15 is 0 Å². The molecule has 106 valence electrons. The Morgan fingerprint density at radius 1 is 1.25 bits per heavy atom. The summed E-state index contributed by atoms with van der Waals surface area (Å²) < 4.78 is 6.96. The lowest BCUT2D eigenvalue weighted by molar-refractivity contribution is 0.0671. The van der Waals surface area contributed by atoms with Gasteiger partial charge in [0.1, 0.15) is 11.5 Å². The van der Waals surface area contributed by atoms with Crippen molar-refractivity contribution in [1.29, 1.82) is 0 Å². The average Bonchev–Trinajstić information content (AvgIpc) is 2.98. The number of furan rings is 1. The molecule has 3 nitrogen and oxygen atoms in total. The monoisotopic (exact) mass is 335 g/mol. The summed E-state index contributed by atoms with van der Waals surface area (Å²) >= 11 is 3.43. The molecule has 1 aromatic heterocycles. The maximum absolute atomic E-state index is 9.98. The van der Waals surface area contributed by atoms with Crippen molar-refractivity contribution in [3.8, 4) is 11.3 Å². The maximum Gasteiger partial charge on any atom is 0.134 e. The van der Waals surface area contributed by atoms with Gasteiger partial charge in [0.15, 0.2) is 0 Å². The molecule has 2 heterocycles. The number of halogens is 1. The van der Waals surface area contributed by atoms with E-state index in [-0.39, 0.29) is 0 Å². The van der Waals surface area contributed by atoms with E-state index < -0.39 is 5.60 Å². The number of hydrogen-bond donors (Lipinski definition) is 1. The van der Waals surface area contributed by atoms with Crippen LogP contribution in [0, 0.1) is 0 Å². The third kappa shape index (κ3) is 3.14. The van der Waals surface area contributed by atoms with Gasteiger partial charge in [-0.1, -0.05) is 28.1 Å². The summed E-state index contributed by atoms with van der Waals surface area (Å²) in [6.45, 7) is 4.28. The lowest BCUT2D eigenvalue weighted by Crippen LogP contribution is -2.29. The van der Waals surface area contributed by atoms with Crippen molar-refractivity contribution in [2.75, 3.05) is 13.1 Å². The predicted molar refractivity (Wildman–Crippen MR) is 82.4 cm³/mol. The summed E-state index contributed by atoms with van der Waals surface area (Å²) in [7, 11) is 0. The van der Waals surface area contributed by atoms with Crippen molar-refractivity contribution in [2.45, 2.75) is 25.5 Å². The van der Waals surface area contributed by atoms with Crippen LogP contribution in [0.1, 0.15) is 19.1 Å². The van der Waals surface area contributed by atoms with E-state index in [1.807, 2.05) is 43.3 Å². The minimum Gasteiger partial charge on any atom is -0.460 e. The molecule has 1 aliphatic rings. The van der Waals surface area contributed by atoms with Gasteiger partial charge in [0.2, 0.25) is 0 Å². The number of hydrogen-bond acceptors (Lipinski definition) is 3. The number of benzene rings is 1. The molecule has 1 saturated heterocycles. The highest BCUT2D eigenvalue weighted by atomic mass is 79.9. The fraction of sp³-hybridized carbons (Fsp3) is 0.375. The first-order valence-corrected chi connectivity index (χ1v) is 7.61. The van der Waals surface area contributed by atoms with Crippen LogP contribution in [-0.4, -0.2) is 28.7 Å². The smallest absolute Gasteiger partial charge is 0.134 e. The van der Waals surface area contributed by atoms with E-state index in [4.69, 9.17) is 4.42 Å². The summed E-state index contributed by atoms with van der Waals surface area (Å²) in [5, 5.41) is 9.98. The van der Waals surface area contributed by atoms with Crippen LogP contribution in [0.4, 0.5) is 0 Å². The van der Waals surface area contributed by atoms with Crippen molar-refractivity contribution < 1.29 is 9.52 Å². The van der Waals surface area contributed by atoms with Gasteiger partial charge in [-0.2, -0.15) is 0 Å². The highest BCUT2D eigenvalue weighted by Crippen LogP contribution is 2.26. The zero-order valence-electron chi connectivity index (χ0n) is 11.5. The number of aliphatic hydroxyl groups is 1. The van der Waals surface area contributed by atoms with Crippen LogP contribution >= 0.6 is 15.9 Å². The molecule has 3 rings (SSSR count). The molecule has 1 aromatic carbocycles. The molecule has 4 heteroatoms. The van der Waals surface area contributed by atoms with E-state index in [1.165, 1.54) is 0 Å². The first-order chi connectivity index (χ1) is 9.52. The molecule has 1 atom stereocenters. The Bertz CT molecular complexity index is 589. The van der Waals surface area contributed by atoms with E-state index in [1.54, 1.807) is 0 Å². The lowest BCUT2D eigenvalue weighted by Gasteiger charge is -2.17.